The Morgan fingerprint density at radius 1 is 0.655 bits per heavy atom. The van der Waals surface area contributed by atoms with Gasteiger partial charge in [0.15, 0.2) is 18.3 Å². The smallest absolute Gasteiger partial charge is 0.373 e. The van der Waals surface area contributed by atoms with E-state index in [1.807, 2.05) is 48.6 Å². The van der Waals surface area contributed by atoms with Crippen molar-refractivity contribution in [3.63, 3.8) is 0 Å². The van der Waals surface area contributed by atoms with E-state index in [-0.39, 0.29) is 160 Å². The van der Waals surface area contributed by atoms with Crippen molar-refractivity contribution in [3.8, 4) is 5.75 Å². The fourth-order valence-electron chi connectivity index (χ4n) is 13.3. The van der Waals surface area contributed by atoms with Crippen LogP contribution in [-0.4, -0.2) is 228 Å². The Kier molecular flexibility index (Phi) is 48.3. The highest BCUT2D eigenvalue weighted by atomic mass is 33.1. The van der Waals surface area contributed by atoms with Gasteiger partial charge in [0.2, 0.25) is 29.5 Å². The zero-order chi connectivity index (χ0) is 88.8. The number of carbonyl (C=O) groups excluding carboxylic acids is 13. The van der Waals surface area contributed by atoms with Crippen LogP contribution in [0.15, 0.2) is 53.9 Å². The average molecular weight is 1730 g/mol. The number of ketones is 3. The number of likely N-dealkylation sites (tertiary alicyclic amines) is 1. The number of aliphatic carboxylic acids is 5. The van der Waals surface area contributed by atoms with Crippen LogP contribution in [-0.2, 0) is 110 Å². The third-order valence-corrected chi connectivity index (χ3v) is 23.6. The fraction of sp³-hybridized carbons (Fsp3) is 0.610. The van der Waals surface area contributed by atoms with E-state index in [4.69, 9.17) is 29.2 Å². The van der Waals surface area contributed by atoms with Crippen molar-refractivity contribution in [2.45, 2.75) is 232 Å². The molecular formula is C82H116N8O26S3. The first-order valence-corrected chi connectivity index (χ1v) is 43.3. The number of nitrogens with zero attached hydrogens (tertiary/aromatic N) is 3. The Morgan fingerprint density at radius 2 is 1.29 bits per heavy atom. The number of piperidine rings is 1. The molecule has 11 N–H and O–H groups in total. The van der Waals surface area contributed by atoms with Gasteiger partial charge in [-0.05, 0) is 118 Å². The third-order valence-electron chi connectivity index (χ3n) is 20.2. The Balaban J connectivity index is 0.0000120. The monoisotopic (exact) mass is 1720 g/mol. The summed E-state index contributed by atoms with van der Waals surface area (Å²) in [6.45, 7) is 13.3. The van der Waals surface area contributed by atoms with Gasteiger partial charge in [-0.25, -0.2) is 9.78 Å². The standard InChI is InChI=1S/C81H116N8O24S3.CO2/c1-9-17-73(102)113-47-89(79(107)60(49(5)10-2)42-67(93)64-20-14-16-31-88(64)8)65(48(3)4)35-51(7)78-87-62(45-114-78)77(106)84-57(36-52-26-28-58(90)29-27-52)34-50(6)75(104)83-44-74(103)112-32-33-115-116-46-63(81(110)111)86-76(105)56(41-71(98)99)40-66(92)61(43-72(100)101)85-69(95)38-54-24-22-53(23-25-54)37-68(94)82-30-15-13-18-55(80(108)109)39-59(91)19-11-12-21-70(96)97;2-1-3/h22-29,45,48-51,55-57,60-61,63-65,90H,9-21,30-44,46-47H2,1-8H3,(H,82,94)(H,83,104)(H,84,106)(H,85,95)(H,86,105)(H,96,97)(H,98,99)(H,100,101)(H,108,109)(H,110,111);/t49?,50?,51-,55-,56+,57?,60+,61+,63+,64-,65-;/m1./s1. The molecule has 0 bridgehead atoms. The zero-order valence-corrected chi connectivity index (χ0v) is 71.2. The van der Waals surface area contributed by atoms with Gasteiger partial charge in [-0.15, -0.1) is 11.3 Å². The number of aromatic nitrogens is 1. The molecule has 2 aromatic carbocycles. The molecule has 2 heterocycles. The van der Waals surface area contributed by atoms with Crippen molar-refractivity contribution >= 4 is 134 Å². The van der Waals surface area contributed by atoms with Crippen LogP contribution in [0.3, 0.4) is 0 Å². The molecule has 6 amide bonds. The lowest BCUT2D eigenvalue weighted by Crippen LogP contribution is -2.50. The molecule has 658 valence electrons. The summed E-state index contributed by atoms with van der Waals surface area (Å²) in [4.78, 5) is 231. The number of benzene rings is 2. The van der Waals surface area contributed by atoms with E-state index in [0.29, 0.717) is 61.1 Å². The number of unbranched alkanes of at least 4 members (excludes halogenated alkanes) is 2. The first kappa shape index (κ1) is 103. The maximum Gasteiger partial charge on any atom is 0.373 e. The van der Waals surface area contributed by atoms with Crippen LogP contribution < -0.4 is 26.6 Å². The van der Waals surface area contributed by atoms with E-state index >= 15 is 0 Å². The molecule has 119 heavy (non-hydrogen) atoms. The molecular weight excluding hydrogens is 1610 g/mol. The number of phenolic OH excluding ortho intramolecular Hbond substituents is 1. The number of aromatic hydroxyl groups is 1. The number of ether oxygens (including phenoxy) is 2. The number of carboxylic acids is 5. The number of carboxylic acid groups (broad SMARTS) is 5. The summed E-state index contributed by atoms with van der Waals surface area (Å²) in [6, 6.07) is 7.70. The zero-order valence-electron chi connectivity index (χ0n) is 68.8. The molecule has 0 spiro atoms. The van der Waals surface area contributed by atoms with Crippen molar-refractivity contribution in [1.29, 1.82) is 0 Å². The third kappa shape index (κ3) is 40.6. The molecule has 1 aliphatic heterocycles. The fourth-order valence-corrected chi connectivity index (χ4v) is 16.2. The second-order valence-corrected chi connectivity index (χ2v) is 33.7. The number of amides is 6. The molecule has 1 saturated heterocycles. The van der Waals surface area contributed by atoms with Crippen molar-refractivity contribution in [2.75, 3.05) is 51.5 Å². The predicted octanol–water partition coefficient (Wildman–Crippen LogP) is 7.38. The molecule has 4 rings (SSSR count). The van der Waals surface area contributed by atoms with Crippen LogP contribution in [0.2, 0.25) is 0 Å². The SMILES string of the molecule is CCCC(=O)OCN(C(=O)[C@@H](CC(=O)[C@H]1CCCCN1C)C(C)CC)[C@H](C[C@@H](C)c1nc(C(=O)NC(Cc2ccc(O)cc2)CC(C)C(=O)NCC(=O)OCCSSC[C@H](NC(=O)[C@H](CC(=O)O)CC(=O)[C@H](CC(=O)O)NC(=O)Cc2ccc(CC(=O)NCCCC[C@H](CC(=O)CCCCC(=O)O)C(=O)O)cc2)C(=O)O)cs1)C(C)C.O=C=O. The lowest BCUT2D eigenvalue weighted by atomic mass is 9.82. The second kappa shape index (κ2) is 55.7. The van der Waals surface area contributed by atoms with E-state index in [9.17, 15) is 102 Å². The number of Topliss-reactive ketones (excluding diaryl/α,β-unsaturated/α-hetero) is 3. The quantitative estimate of drug-likeness (QED) is 0.0114. The first-order chi connectivity index (χ1) is 56.4. The van der Waals surface area contributed by atoms with Gasteiger partial charge in [-0.1, -0.05) is 126 Å². The van der Waals surface area contributed by atoms with Gasteiger partial charge in [0.1, 0.15) is 36.4 Å². The van der Waals surface area contributed by atoms with Gasteiger partial charge in [-0.3, -0.25) is 76.8 Å². The van der Waals surface area contributed by atoms with Crippen molar-refractivity contribution in [2.24, 2.45) is 35.5 Å². The van der Waals surface area contributed by atoms with Crippen LogP contribution >= 0.6 is 32.9 Å². The molecule has 3 aromatic rings. The molecule has 0 aliphatic carbocycles. The summed E-state index contributed by atoms with van der Waals surface area (Å²) in [5.74, 6) is -17.8. The van der Waals surface area contributed by atoms with E-state index in [0.717, 1.165) is 53.0 Å². The van der Waals surface area contributed by atoms with E-state index < -0.39 is 145 Å². The van der Waals surface area contributed by atoms with E-state index in [1.165, 1.54) is 35.6 Å². The number of rotatable bonds is 58. The predicted molar refractivity (Wildman–Crippen MR) is 437 cm³/mol. The maximum atomic E-state index is 15.0. The summed E-state index contributed by atoms with van der Waals surface area (Å²) in [5.41, 5.74) is 1.77. The minimum Gasteiger partial charge on any atom is -0.508 e. The Bertz CT molecular complexity index is 3890. The Labute approximate surface area is 704 Å². The van der Waals surface area contributed by atoms with Crippen LogP contribution in [0.5, 0.6) is 5.75 Å². The summed E-state index contributed by atoms with van der Waals surface area (Å²) >= 11 is 1.26. The number of carbonyl (C=O) groups is 16. The van der Waals surface area contributed by atoms with Crippen LogP contribution in [0.25, 0.3) is 0 Å². The van der Waals surface area contributed by atoms with Crippen LogP contribution in [0.1, 0.15) is 215 Å². The molecule has 0 saturated carbocycles. The van der Waals surface area contributed by atoms with Gasteiger partial charge in [0, 0.05) is 91.8 Å². The molecule has 0 radical (unpaired) electrons. The molecule has 11 atom stereocenters. The number of thiazole rings is 1. The summed E-state index contributed by atoms with van der Waals surface area (Å²) in [6.07, 6.45) is 3.26. The molecule has 37 heteroatoms. The second-order valence-electron chi connectivity index (χ2n) is 30.2. The lowest BCUT2D eigenvalue weighted by molar-refractivity contribution is -0.192. The molecule has 3 unspecified atom stereocenters. The first-order valence-electron chi connectivity index (χ1n) is 39.9. The highest BCUT2D eigenvalue weighted by molar-refractivity contribution is 8.76. The van der Waals surface area contributed by atoms with Gasteiger partial charge < -0.3 is 71.6 Å². The van der Waals surface area contributed by atoms with E-state index in [1.54, 1.807) is 41.5 Å². The highest BCUT2D eigenvalue weighted by Gasteiger charge is 2.40. The van der Waals surface area contributed by atoms with Crippen molar-refractivity contribution < 1.29 is 126 Å². The van der Waals surface area contributed by atoms with Gasteiger partial charge in [0.05, 0.1) is 54.6 Å². The van der Waals surface area contributed by atoms with Crippen molar-refractivity contribution in [1.82, 2.24) is 41.4 Å². The Morgan fingerprint density at radius 3 is 1.89 bits per heavy atom. The number of phenols is 1. The summed E-state index contributed by atoms with van der Waals surface area (Å²) < 4.78 is 11.0. The normalized spacial score (nSPS) is 15.1. The molecule has 1 aromatic heterocycles. The molecule has 34 nitrogen and oxygen atoms in total. The largest absolute Gasteiger partial charge is 0.508 e. The number of likely N-dealkylation sites (N-methyl/N-ethyl adjacent to an activating group) is 1. The Hall–Kier alpha value is -9.97. The van der Waals surface area contributed by atoms with Gasteiger partial charge in [0.25, 0.3) is 5.91 Å². The maximum absolute atomic E-state index is 15.0. The van der Waals surface area contributed by atoms with Gasteiger partial charge in [-0.2, -0.15) is 9.59 Å². The van der Waals surface area contributed by atoms with Crippen LogP contribution in [0.4, 0.5) is 0 Å². The number of hydrogen-bond donors (Lipinski definition) is 11. The number of hydrogen-bond acceptors (Lipinski definition) is 26. The minimum absolute atomic E-state index is 0.0169. The highest BCUT2D eigenvalue weighted by Crippen LogP contribution is 2.34. The number of nitrogens with one attached hydrogen (secondary N) is 5. The van der Waals surface area contributed by atoms with Crippen molar-refractivity contribution in [3.05, 3.63) is 81.3 Å². The summed E-state index contributed by atoms with van der Waals surface area (Å²) in [5, 5.41) is 72.8. The number of esters is 2. The average Bonchev–Trinajstić information content (AvgIpc) is 1.78. The molecule has 1 fully saturated rings. The van der Waals surface area contributed by atoms with Crippen LogP contribution in [0, 0.1) is 35.5 Å². The minimum atomic E-state index is -1.74. The van der Waals surface area contributed by atoms with Gasteiger partial charge >= 0.3 is 47.9 Å². The molecule has 1 aliphatic rings. The lowest BCUT2D eigenvalue weighted by Gasteiger charge is -2.39. The van der Waals surface area contributed by atoms with E-state index in [2.05, 4.69) is 31.5 Å². The topological polar surface area (TPSA) is 527 Å². The summed E-state index contributed by atoms with van der Waals surface area (Å²) in [7, 11) is 3.92.